The third kappa shape index (κ3) is 11.9. The van der Waals surface area contributed by atoms with Crippen LogP contribution in [0.4, 0.5) is 5.82 Å². The van der Waals surface area contributed by atoms with Crippen molar-refractivity contribution in [1.29, 1.82) is 0 Å². The van der Waals surface area contributed by atoms with Crippen LogP contribution >= 0.6 is 0 Å². The third-order valence-corrected chi connectivity index (χ3v) is 4.19. The Balaban J connectivity index is -0.000000442. The number of carbonyl (C=O) groups is 1. The number of aromatic nitrogens is 4. The standard InChI is InChI=1S/C6H14O6.C6H12O6.C5H5N5.Na.H/c2*7-1-3(9)5(11)6(12)4(10)2-8;6-4-3-5(9-1-7-3)10-2-8-4;;/h3-12H,1-2H2;1,3-6,8-12H,2H2;1-2H,(H3,6,7,8,9,10);;/q;;;+1;-1/t3-,4-,5-,6-;3-,4+,5+,6+;;;/m10.../s1. The number of anilines is 1. The van der Waals surface area contributed by atoms with E-state index in [1.165, 1.54) is 12.7 Å². The molecule has 0 saturated heterocycles. The fourth-order valence-electron chi connectivity index (χ4n) is 2.07. The first-order chi connectivity index (χ1) is 16.0. The van der Waals surface area contributed by atoms with Gasteiger partial charge in [0.15, 0.2) is 17.8 Å². The fraction of sp³-hybridized carbons (Fsp3) is 0.647. The zero-order valence-corrected chi connectivity index (χ0v) is 20.7. The van der Waals surface area contributed by atoms with Crippen LogP contribution in [0.15, 0.2) is 12.7 Å². The molecule has 0 aliphatic carbocycles. The number of aliphatic hydroxyl groups is 11. The number of hydrogen-bond acceptors (Lipinski definition) is 16. The number of aliphatic hydroxyl groups excluding tert-OH is 11. The van der Waals surface area contributed by atoms with Crippen molar-refractivity contribution in [3.8, 4) is 0 Å². The molecule has 198 valence electrons. The fourth-order valence-corrected chi connectivity index (χ4v) is 2.07. The Bertz CT molecular complexity index is 813. The van der Waals surface area contributed by atoms with Gasteiger partial charge in [-0.2, -0.15) is 0 Å². The molecule has 8 atom stereocenters. The second kappa shape index (κ2) is 18.8. The minimum Gasteiger partial charge on any atom is -1.00 e. The number of nitrogens with two attached hydrogens (primary N) is 1. The Morgan fingerprint density at radius 1 is 0.800 bits per heavy atom. The van der Waals surface area contributed by atoms with Crippen LogP contribution in [0.2, 0.25) is 0 Å². The van der Waals surface area contributed by atoms with Crippen LogP contribution in [0.25, 0.3) is 11.2 Å². The van der Waals surface area contributed by atoms with Gasteiger partial charge < -0.3 is 73.1 Å². The maximum atomic E-state index is 9.90. The van der Waals surface area contributed by atoms with Crippen LogP contribution in [0, 0.1) is 0 Å². The molecule has 2 aromatic rings. The second-order valence-corrected chi connectivity index (χ2v) is 6.70. The van der Waals surface area contributed by atoms with Gasteiger partial charge in [0, 0.05) is 0 Å². The summed E-state index contributed by atoms with van der Waals surface area (Å²) in [5.41, 5.74) is 6.78. The number of hydrogen-bond donors (Lipinski definition) is 13. The summed E-state index contributed by atoms with van der Waals surface area (Å²) in [5.74, 6) is 0.433. The van der Waals surface area contributed by atoms with Gasteiger partial charge in [-0.3, -0.25) is 0 Å². The van der Waals surface area contributed by atoms with Crippen LogP contribution in [0.1, 0.15) is 1.43 Å². The predicted octanol–water partition coefficient (Wildman–Crippen LogP) is -9.91. The molecule has 0 saturated carbocycles. The minimum atomic E-state index is -1.79. The maximum Gasteiger partial charge on any atom is 1.00 e. The van der Waals surface area contributed by atoms with Crippen LogP contribution in [0.5, 0.6) is 0 Å². The van der Waals surface area contributed by atoms with Gasteiger partial charge in [-0.25, -0.2) is 15.0 Å². The summed E-state index contributed by atoms with van der Waals surface area (Å²) in [5, 5.41) is 95.7. The van der Waals surface area contributed by atoms with E-state index in [0.717, 1.165) is 0 Å². The SMILES string of the molecule is Nc1ncnc2nc[nH]c12.O=C[C@H](O)[C@@H](O)[C@H](O)[C@H](O)CO.OC[C@@H](O)[C@@H](O)[C@H](O)[C@H](O)CO.[H-].[Na+]. The first-order valence-electron chi connectivity index (χ1n) is 9.58. The van der Waals surface area contributed by atoms with Gasteiger partial charge in [0.1, 0.15) is 60.7 Å². The van der Waals surface area contributed by atoms with Gasteiger partial charge in [-0.15, -0.1) is 0 Å². The zero-order chi connectivity index (χ0) is 26.4. The van der Waals surface area contributed by atoms with Crippen molar-refractivity contribution in [3.05, 3.63) is 12.7 Å². The molecule has 2 aromatic heterocycles. The van der Waals surface area contributed by atoms with Crippen molar-refractivity contribution in [1.82, 2.24) is 19.9 Å². The molecule has 17 nitrogen and oxygen atoms in total. The van der Waals surface area contributed by atoms with Crippen LogP contribution < -0.4 is 35.3 Å². The van der Waals surface area contributed by atoms with E-state index in [-0.39, 0.29) is 37.3 Å². The summed E-state index contributed by atoms with van der Waals surface area (Å²) in [6.45, 7) is -2.21. The number of nitrogens with one attached hydrogen (secondary N) is 1. The van der Waals surface area contributed by atoms with Crippen molar-refractivity contribution in [2.24, 2.45) is 0 Å². The Kier molecular flexibility index (Phi) is 19.2. The molecule has 0 unspecified atom stereocenters. The van der Waals surface area contributed by atoms with Crippen LogP contribution in [-0.2, 0) is 4.79 Å². The molecule has 0 amide bonds. The van der Waals surface area contributed by atoms with Crippen molar-refractivity contribution in [3.63, 3.8) is 0 Å². The monoisotopic (exact) mass is 521 g/mol. The van der Waals surface area contributed by atoms with E-state index in [9.17, 15) is 4.79 Å². The second-order valence-electron chi connectivity index (χ2n) is 6.70. The average Bonchev–Trinajstić information content (AvgIpc) is 3.36. The number of aromatic amines is 1. The Morgan fingerprint density at radius 3 is 1.60 bits per heavy atom. The van der Waals surface area contributed by atoms with E-state index in [2.05, 4.69) is 19.9 Å². The average molecular weight is 521 g/mol. The molecule has 2 rings (SSSR count). The van der Waals surface area contributed by atoms with E-state index in [4.69, 9.17) is 61.9 Å². The van der Waals surface area contributed by atoms with E-state index in [1.807, 2.05) is 0 Å². The molecule has 0 aliphatic rings. The van der Waals surface area contributed by atoms with Gasteiger partial charge in [-0.05, 0) is 0 Å². The van der Waals surface area contributed by atoms with Gasteiger partial charge in [0.25, 0.3) is 0 Å². The molecule has 0 spiro atoms. The summed E-state index contributed by atoms with van der Waals surface area (Å²) in [4.78, 5) is 24.3. The first kappa shape index (κ1) is 35.7. The van der Waals surface area contributed by atoms with Crippen molar-refractivity contribution in [2.45, 2.75) is 48.8 Å². The van der Waals surface area contributed by atoms with Gasteiger partial charge in [0.2, 0.25) is 0 Å². The number of carbonyl (C=O) groups excluding carboxylic acids is 1. The zero-order valence-electron chi connectivity index (χ0n) is 19.7. The molecule has 14 N–H and O–H groups in total. The number of rotatable bonds is 10. The number of nitrogens with zero attached hydrogens (tertiary/aromatic N) is 3. The van der Waals surface area contributed by atoms with E-state index in [1.54, 1.807) is 0 Å². The molecule has 0 radical (unpaired) electrons. The maximum absolute atomic E-state index is 9.90. The van der Waals surface area contributed by atoms with Crippen LogP contribution in [-0.4, -0.2) is 151 Å². The smallest absolute Gasteiger partial charge is 1.00 e. The van der Waals surface area contributed by atoms with E-state index in [0.29, 0.717) is 17.0 Å². The summed E-state index contributed by atoms with van der Waals surface area (Å²) in [7, 11) is 0. The largest absolute Gasteiger partial charge is 1.00 e. The number of nitrogen functional groups attached to an aromatic ring is 1. The normalized spacial score (nSPS) is 17.6. The molecule has 2 heterocycles. The molecule has 0 aliphatic heterocycles. The van der Waals surface area contributed by atoms with E-state index >= 15 is 0 Å². The third-order valence-electron chi connectivity index (χ3n) is 4.19. The summed E-state index contributed by atoms with van der Waals surface area (Å²) in [6.07, 6.45) is -10.3. The minimum absolute atomic E-state index is 0. The molecule has 0 fully saturated rings. The van der Waals surface area contributed by atoms with Crippen LogP contribution in [0.3, 0.4) is 0 Å². The van der Waals surface area contributed by atoms with Crippen molar-refractivity contribution < 1.29 is 92.0 Å². The molecule has 18 heteroatoms. The Hall–Kier alpha value is -1.42. The number of H-pyrrole nitrogens is 1. The predicted molar refractivity (Wildman–Crippen MR) is 113 cm³/mol. The van der Waals surface area contributed by atoms with Gasteiger partial charge >= 0.3 is 29.6 Å². The topological polar surface area (TPSA) is 320 Å². The molecular formula is C17H32N5NaO12. The summed E-state index contributed by atoms with van der Waals surface area (Å²) >= 11 is 0. The van der Waals surface area contributed by atoms with Crippen molar-refractivity contribution >= 4 is 23.3 Å². The molecule has 0 aromatic carbocycles. The van der Waals surface area contributed by atoms with Crippen molar-refractivity contribution in [2.75, 3.05) is 25.6 Å². The number of fused-ring (bicyclic) bond motifs is 1. The van der Waals surface area contributed by atoms with E-state index < -0.39 is 68.7 Å². The number of imidazole rings is 1. The quantitative estimate of drug-likeness (QED) is 0.102. The summed E-state index contributed by atoms with van der Waals surface area (Å²) in [6, 6.07) is 0. The van der Waals surface area contributed by atoms with Gasteiger partial charge in [-0.1, -0.05) is 0 Å². The molecular weight excluding hydrogens is 489 g/mol. The number of aldehydes is 1. The van der Waals surface area contributed by atoms with Gasteiger partial charge in [0.05, 0.1) is 26.1 Å². The molecule has 35 heavy (non-hydrogen) atoms. The first-order valence-corrected chi connectivity index (χ1v) is 9.58. The summed E-state index contributed by atoms with van der Waals surface area (Å²) < 4.78 is 0. The Morgan fingerprint density at radius 2 is 1.23 bits per heavy atom. The Labute approximate surface area is 222 Å². The molecule has 0 bridgehead atoms.